The van der Waals surface area contributed by atoms with Gasteiger partial charge >= 0.3 is 0 Å². The van der Waals surface area contributed by atoms with Gasteiger partial charge in [0.1, 0.15) is 0 Å². The van der Waals surface area contributed by atoms with Crippen LogP contribution in [-0.4, -0.2) is 24.5 Å². The van der Waals surface area contributed by atoms with E-state index in [1.54, 1.807) is 0 Å². The molecule has 0 spiro atoms. The first-order valence-corrected chi connectivity index (χ1v) is 7.46. The number of nitrogens with zero attached hydrogens (tertiary/aromatic N) is 1. The minimum Gasteiger partial charge on any atom is -0.324 e. The van der Waals surface area contributed by atoms with Crippen LogP contribution in [0.2, 0.25) is 0 Å². The Morgan fingerprint density at radius 3 is 2.00 bits per heavy atom. The zero-order chi connectivity index (χ0) is 14.5. The van der Waals surface area contributed by atoms with Crippen LogP contribution in [0.1, 0.15) is 58.2 Å². The van der Waals surface area contributed by atoms with Crippen LogP contribution in [0.5, 0.6) is 0 Å². The fraction of sp³-hybridized carbons (Fsp3) is 0.647. The molecule has 2 heteroatoms. The third-order valence-electron chi connectivity index (χ3n) is 3.86. The van der Waals surface area contributed by atoms with Gasteiger partial charge in [0, 0.05) is 6.04 Å². The van der Waals surface area contributed by atoms with Gasteiger partial charge in [-0.05, 0) is 42.6 Å². The molecule has 1 rings (SSSR count). The molecule has 1 unspecified atom stereocenters. The summed E-state index contributed by atoms with van der Waals surface area (Å²) < 4.78 is 0. The molecule has 1 aromatic carbocycles. The quantitative estimate of drug-likeness (QED) is 0.846. The Balaban J connectivity index is 2.60. The molecule has 0 saturated heterocycles. The first-order chi connectivity index (χ1) is 8.88. The fourth-order valence-electron chi connectivity index (χ4n) is 2.26. The van der Waals surface area contributed by atoms with E-state index >= 15 is 0 Å². The van der Waals surface area contributed by atoms with Crippen LogP contribution in [-0.2, 0) is 5.41 Å². The van der Waals surface area contributed by atoms with Gasteiger partial charge in [-0.3, -0.25) is 0 Å². The van der Waals surface area contributed by atoms with E-state index in [-0.39, 0.29) is 11.5 Å². The highest BCUT2D eigenvalue weighted by Crippen LogP contribution is 2.24. The first-order valence-electron chi connectivity index (χ1n) is 7.46. The lowest BCUT2D eigenvalue weighted by Gasteiger charge is -2.22. The number of hydrogen-bond acceptors (Lipinski definition) is 2. The summed E-state index contributed by atoms with van der Waals surface area (Å²) in [5.74, 6) is 0. The molecule has 108 valence electrons. The van der Waals surface area contributed by atoms with E-state index < -0.39 is 0 Å². The topological polar surface area (TPSA) is 29.3 Å². The van der Waals surface area contributed by atoms with Crippen LogP contribution < -0.4 is 5.73 Å². The summed E-state index contributed by atoms with van der Waals surface area (Å²) in [6, 6.07) is 8.95. The van der Waals surface area contributed by atoms with Crippen LogP contribution in [0.3, 0.4) is 0 Å². The molecular formula is C17H30N2. The monoisotopic (exact) mass is 262 g/mol. The Morgan fingerprint density at radius 2 is 1.58 bits per heavy atom. The van der Waals surface area contributed by atoms with Crippen molar-refractivity contribution in [3.8, 4) is 0 Å². The Kier molecular flexibility index (Phi) is 6.02. The maximum Gasteiger partial charge on any atom is 0.0307 e. The number of nitrogens with two attached hydrogens (primary N) is 1. The van der Waals surface area contributed by atoms with Crippen molar-refractivity contribution in [3.63, 3.8) is 0 Å². The summed E-state index contributed by atoms with van der Waals surface area (Å²) >= 11 is 0. The highest BCUT2D eigenvalue weighted by atomic mass is 15.1. The molecule has 0 heterocycles. The SMILES string of the molecule is CCN(CC)CCC(N)c1ccc(C(C)(C)C)cc1. The van der Waals surface area contributed by atoms with Crippen molar-refractivity contribution in [3.05, 3.63) is 35.4 Å². The molecule has 0 aromatic heterocycles. The van der Waals surface area contributed by atoms with Gasteiger partial charge in [0.15, 0.2) is 0 Å². The van der Waals surface area contributed by atoms with Crippen molar-refractivity contribution >= 4 is 0 Å². The van der Waals surface area contributed by atoms with Gasteiger partial charge < -0.3 is 10.6 Å². The summed E-state index contributed by atoms with van der Waals surface area (Å²) in [6.45, 7) is 14.4. The molecule has 0 aliphatic carbocycles. The van der Waals surface area contributed by atoms with Crippen LogP contribution in [0.25, 0.3) is 0 Å². The van der Waals surface area contributed by atoms with Gasteiger partial charge in [0.2, 0.25) is 0 Å². The van der Waals surface area contributed by atoms with Crippen LogP contribution in [0.4, 0.5) is 0 Å². The lowest BCUT2D eigenvalue weighted by Crippen LogP contribution is -2.27. The van der Waals surface area contributed by atoms with Gasteiger partial charge in [-0.25, -0.2) is 0 Å². The third-order valence-corrected chi connectivity index (χ3v) is 3.86. The molecule has 0 saturated carbocycles. The average Bonchev–Trinajstić information content (AvgIpc) is 2.39. The van der Waals surface area contributed by atoms with E-state index in [1.807, 2.05) is 0 Å². The molecule has 0 aliphatic rings. The Hall–Kier alpha value is -0.860. The number of benzene rings is 1. The second-order valence-electron chi connectivity index (χ2n) is 6.29. The minimum absolute atomic E-state index is 0.148. The second-order valence-corrected chi connectivity index (χ2v) is 6.29. The molecule has 0 bridgehead atoms. The number of rotatable bonds is 6. The van der Waals surface area contributed by atoms with Crippen molar-refractivity contribution in [1.29, 1.82) is 0 Å². The predicted molar refractivity (Wildman–Crippen MR) is 84.5 cm³/mol. The third kappa shape index (κ3) is 4.96. The van der Waals surface area contributed by atoms with Crippen LogP contribution >= 0.6 is 0 Å². The maximum absolute atomic E-state index is 6.29. The van der Waals surface area contributed by atoms with Crippen molar-refractivity contribution in [1.82, 2.24) is 4.90 Å². The van der Waals surface area contributed by atoms with Crippen LogP contribution in [0, 0.1) is 0 Å². The van der Waals surface area contributed by atoms with Crippen molar-refractivity contribution in [2.45, 2.75) is 52.5 Å². The van der Waals surface area contributed by atoms with Crippen molar-refractivity contribution in [2.75, 3.05) is 19.6 Å². The molecule has 0 fully saturated rings. The molecular weight excluding hydrogens is 232 g/mol. The Labute approximate surface area is 119 Å². The minimum atomic E-state index is 0.148. The smallest absolute Gasteiger partial charge is 0.0307 e. The van der Waals surface area contributed by atoms with E-state index in [9.17, 15) is 0 Å². The zero-order valence-corrected chi connectivity index (χ0v) is 13.2. The van der Waals surface area contributed by atoms with Gasteiger partial charge in [-0.1, -0.05) is 58.9 Å². The Bertz CT molecular complexity index is 358. The standard InChI is InChI=1S/C17H30N2/c1-6-19(7-2)13-12-16(18)14-8-10-15(11-9-14)17(3,4)5/h8-11,16H,6-7,12-13,18H2,1-5H3. The summed E-state index contributed by atoms with van der Waals surface area (Å²) in [5.41, 5.74) is 9.12. The zero-order valence-electron chi connectivity index (χ0n) is 13.2. The highest BCUT2D eigenvalue weighted by molar-refractivity contribution is 5.29. The van der Waals surface area contributed by atoms with E-state index in [4.69, 9.17) is 5.73 Å². The van der Waals surface area contributed by atoms with Crippen molar-refractivity contribution in [2.24, 2.45) is 5.73 Å². The fourth-order valence-corrected chi connectivity index (χ4v) is 2.26. The maximum atomic E-state index is 6.29. The molecule has 0 aliphatic heterocycles. The molecule has 1 atom stereocenters. The Morgan fingerprint density at radius 1 is 1.05 bits per heavy atom. The predicted octanol–water partition coefficient (Wildman–Crippen LogP) is 3.72. The second kappa shape index (κ2) is 7.06. The van der Waals surface area contributed by atoms with Crippen LogP contribution in [0.15, 0.2) is 24.3 Å². The van der Waals surface area contributed by atoms with E-state index in [0.29, 0.717) is 0 Å². The van der Waals surface area contributed by atoms with E-state index in [2.05, 4.69) is 63.8 Å². The molecule has 1 aromatic rings. The lowest BCUT2D eigenvalue weighted by molar-refractivity contribution is 0.291. The summed E-state index contributed by atoms with van der Waals surface area (Å²) in [4.78, 5) is 2.42. The molecule has 0 radical (unpaired) electrons. The first kappa shape index (κ1) is 16.2. The summed E-state index contributed by atoms with van der Waals surface area (Å²) in [7, 11) is 0. The molecule has 2 N–H and O–H groups in total. The molecule has 0 amide bonds. The highest BCUT2D eigenvalue weighted by Gasteiger charge is 2.14. The summed E-state index contributed by atoms with van der Waals surface area (Å²) in [5, 5.41) is 0. The summed E-state index contributed by atoms with van der Waals surface area (Å²) in [6.07, 6.45) is 1.02. The average molecular weight is 262 g/mol. The lowest BCUT2D eigenvalue weighted by atomic mass is 9.86. The van der Waals surface area contributed by atoms with Gasteiger partial charge in [0.05, 0.1) is 0 Å². The van der Waals surface area contributed by atoms with E-state index in [1.165, 1.54) is 11.1 Å². The molecule has 2 nitrogen and oxygen atoms in total. The molecule has 19 heavy (non-hydrogen) atoms. The van der Waals surface area contributed by atoms with Gasteiger partial charge in [0.25, 0.3) is 0 Å². The number of hydrogen-bond donors (Lipinski definition) is 1. The normalized spacial score (nSPS) is 13.8. The largest absolute Gasteiger partial charge is 0.324 e. The van der Waals surface area contributed by atoms with Gasteiger partial charge in [-0.2, -0.15) is 0 Å². The van der Waals surface area contributed by atoms with E-state index in [0.717, 1.165) is 26.1 Å². The van der Waals surface area contributed by atoms with Gasteiger partial charge in [-0.15, -0.1) is 0 Å². The van der Waals surface area contributed by atoms with Crippen molar-refractivity contribution < 1.29 is 0 Å².